The summed E-state index contributed by atoms with van der Waals surface area (Å²) in [6.45, 7) is 5.59. The van der Waals surface area contributed by atoms with Crippen molar-refractivity contribution in [3.05, 3.63) is 29.8 Å². The van der Waals surface area contributed by atoms with Crippen LogP contribution in [0, 0.1) is 5.41 Å². The van der Waals surface area contributed by atoms with E-state index in [1.54, 1.807) is 7.11 Å². The van der Waals surface area contributed by atoms with Gasteiger partial charge in [0.25, 0.3) is 0 Å². The molecule has 1 aromatic rings. The van der Waals surface area contributed by atoms with Crippen LogP contribution in [0.4, 0.5) is 5.69 Å². The van der Waals surface area contributed by atoms with Crippen molar-refractivity contribution in [3.63, 3.8) is 0 Å². The Hall–Kier alpha value is -1.06. The molecule has 2 atom stereocenters. The first-order chi connectivity index (χ1) is 9.05. The third-order valence-corrected chi connectivity index (χ3v) is 4.53. The Balaban J connectivity index is 1.70. The monoisotopic (exact) mass is 262 g/mol. The van der Waals surface area contributed by atoms with Crippen LogP contribution in [0.15, 0.2) is 24.3 Å². The molecule has 0 amide bonds. The minimum absolute atomic E-state index is 0.251. The summed E-state index contributed by atoms with van der Waals surface area (Å²) >= 11 is 0. The Morgan fingerprint density at radius 1 is 1.37 bits per heavy atom. The lowest BCUT2D eigenvalue weighted by Gasteiger charge is -2.51. The van der Waals surface area contributed by atoms with E-state index >= 15 is 0 Å². The van der Waals surface area contributed by atoms with Crippen molar-refractivity contribution in [1.29, 1.82) is 0 Å². The lowest BCUT2D eigenvalue weighted by molar-refractivity contribution is -0.0972. The minimum atomic E-state index is 0.251. The Labute approximate surface area is 116 Å². The van der Waals surface area contributed by atoms with E-state index in [0.29, 0.717) is 12.1 Å². The van der Waals surface area contributed by atoms with Gasteiger partial charge in [0.2, 0.25) is 0 Å². The fraction of sp³-hybridized carbons (Fsp3) is 0.625. The molecule has 0 radical (unpaired) electrons. The molecule has 1 aliphatic carbocycles. The van der Waals surface area contributed by atoms with E-state index in [4.69, 9.17) is 10.5 Å². The fourth-order valence-corrected chi connectivity index (χ4v) is 2.95. The molecule has 0 aliphatic heterocycles. The number of hydrogen-bond donors (Lipinski definition) is 2. The highest BCUT2D eigenvalue weighted by Gasteiger charge is 2.47. The topological polar surface area (TPSA) is 47.3 Å². The number of para-hydroxylation sites is 1. The van der Waals surface area contributed by atoms with Crippen molar-refractivity contribution in [2.45, 2.75) is 45.3 Å². The number of benzene rings is 1. The number of nitrogen functional groups attached to an aromatic ring is 1. The van der Waals surface area contributed by atoms with E-state index in [0.717, 1.165) is 31.5 Å². The Kier molecular flexibility index (Phi) is 4.48. The van der Waals surface area contributed by atoms with Gasteiger partial charge in [-0.15, -0.1) is 0 Å². The average molecular weight is 262 g/mol. The molecule has 2 rings (SSSR count). The van der Waals surface area contributed by atoms with E-state index in [-0.39, 0.29) is 5.41 Å². The molecule has 3 N–H and O–H groups in total. The molecule has 19 heavy (non-hydrogen) atoms. The van der Waals surface area contributed by atoms with Gasteiger partial charge in [-0.25, -0.2) is 0 Å². The largest absolute Gasteiger partial charge is 0.399 e. The van der Waals surface area contributed by atoms with Crippen LogP contribution in [-0.4, -0.2) is 25.8 Å². The second-order valence-electron chi connectivity index (χ2n) is 6.09. The van der Waals surface area contributed by atoms with Gasteiger partial charge in [0.05, 0.1) is 6.10 Å². The normalized spacial score (nSPS) is 25.0. The second kappa shape index (κ2) is 5.93. The first kappa shape index (κ1) is 14.4. The zero-order valence-electron chi connectivity index (χ0n) is 12.3. The quantitative estimate of drug-likeness (QED) is 0.612. The molecule has 0 bridgehead atoms. The summed E-state index contributed by atoms with van der Waals surface area (Å²) in [6.07, 6.45) is 3.69. The van der Waals surface area contributed by atoms with Crippen LogP contribution in [0.1, 0.15) is 32.3 Å². The summed E-state index contributed by atoms with van der Waals surface area (Å²) in [6, 6.07) is 8.70. The van der Waals surface area contributed by atoms with Crippen LogP contribution in [0.25, 0.3) is 0 Å². The summed E-state index contributed by atoms with van der Waals surface area (Å²) in [4.78, 5) is 0. The van der Waals surface area contributed by atoms with Crippen LogP contribution in [0.2, 0.25) is 0 Å². The molecular weight excluding hydrogens is 236 g/mol. The highest BCUT2D eigenvalue weighted by atomic mass is 16.5. The number of aryl methyl sites for hydroxylation is 1. The number of hydrogen-bond acceptors (Lipinski definition) is 3. The molecule has 1 saturated carbocycles. The summed E-state index contributed by atoms with van der Waals surface area (Å²) in [5.41, 5.74) is 8.36. The molecule has 2 unspecified atom stereocenters. The average Bonchev–Trinajstić information content (AvgIpc) is 2.39. The van der Waals surface area contributed by atoms with E-state index in [2.05, 4.69) is 31.3 Å². The SMILES string of the molecule is COC1CC(NCCCc2ccccc2N)C1(C)C. The van der Waals surface area contributed by atoms with Gasteiger partial charge in [-0.1, -0.05) is 32.0 Å². The van der Waals surface area contributed by atoms with Gasteiger partial charge in [0, 0.05) is 24.3 Å². The summed E-state index contributed by atoms with van der Waals surface area (Å²) in [5, 5.41) is 3.64. The molecule has 3 nitrogen and oxygen atoms in total. The third kappa shape index (κ3) is 3.10. The van der Waals surface area contributed by atoms with Gasteiger partial charge < -0.3 is 15.8 Å². The first-order valence-corrected chi connectivity index (χ1v) is 7.15. The number of rotatable bonds is 6. The summed E-state index contributed by atoms with van der Waals surface area (Å²) in [7, 11) is 1.81. The zero-order chi connectivity index (χ0) is 13.9. The molecule has 1 aromatic carbocycles. The van der Waals surface area contributed by atoms with Gasteiger partial charge in [-0.05, 0) is 37.4 Å². The maximum atomic E-state index is 5.94. The number of ether oxygens (including phenoxy) is 1. The maximum Gasteiger partial charge on any atom is 0.0652 e. The molecule has 0 heterocycles. The smallest absolute Gasteiger partial charge is 0.0652 e. The molecule has 0 aromatic heterocycles. The van der Waals surface area contributed by atoms with Gasteiger partial charge in [0.1, 0.15) is 0 Å². The van der Waals surface area contributed by atoms with Gasteiger partial charge in [0.15, 0.2) is 0 Å². The van der Waals surface area contributed by atoms with Gasteiger partial charge in [-0.3, -0.25) is 0 Å². The minimum Gasteiger partial charge on any atom is -0.399 e. The Morgan fingerprint density at radius 3 is 2.74 bits per heavy atom. The number of anilines is 1. The molecule has 3 heteroatoms. The number of nitrogens with two attached hydrogens (primary N) is 1. The van der Waals surface area contributed by atoms with E-state index < -0.39 is 0 Å². The van der Waals surface area contributed by atoms with Gasteiger partial charge >= 0.3 is 0 Å². The molecule has 1 fully saturated rings. The van der Waals surface area contributed by atoms with Crippen LogP contribution >= 0.6 is 0 Å². The van der Waals surface area contributed by atoms with Gasteiger partial charge in [-0.2, -0.15) is 0 Å². The van der Waals surface area contributed by atoms with Crippen LogP contribution in [0.3, 0.4) is 0 Å². The first-order valence-electron chi connectivity index (χ1n) is 7.15. The van der Waals surface area contributed by atoms with Crippen LogP contribution in [0.5, 0.6) is 0 Å². The standard InChI is InChI=1S/C16H26N2O/c1-16(2)14(11-15(16)19-3)18-10-6-8-12-7-4-5-9-13(12)17/h4-5,7,9,14-15,18H,6,8,10-11,17H2,1-3H3. The van der Waals surface area contributed by atoms with Crippen molar-refractivity contribution in [1.82, 2.24) is 5.32 Å². The highest BCUT2D eigenvalue weighted by Crippen LogP contribution is 2.42. The van der Waals surface area contributed by atoms with Crippen molar-refractivity contribution in [2.75, 3.05) is 19.4 Å². The van der Waals surface area contributed by atoms with Crippen molar-refractivity contribution in [3.8, 4) is 0 Å². The number of methoxy groups -OCH3 is 1. The van der Waals surface area contributed by atoms with Crippen molar-refractivity contribution in [2.24, 2.45) is 5.41 Å². The predicted molar refractivity (Wildman–Crippen MR) is 80.2 cm³/mol. The molecule has 0 spiro atoms. The van der Waals surface area contributed by atoms with Crippen molar-refractivity contribution < 1.29 is 4.74 Å². The van der Waals surface area contributed by atoms with Crippen LogP contribution in [-0.2, 0) is 11.2 Å². The van der Waals surface area contributed by atoms with Crippen LogP contribution < -0.4 is 11.1 Å². The predicted octanol–water partition coefficient (Wildman–Crippen LogP) is 2.60. The maximum absolute atomic E-state index is 5.94. The highest BCUT2D eigenvalue weighted by molar-refractivity contribution is 5.46. The van der Waals surface area contributed by atoms with E-state index in [1.165, 1.54) is 5.56 Å². The Bertz CT molecular complexity index is 417. The lowest BCUT2D eigenvalue weighted by Crippen LogP contribution is -2.60. The number of nitrogens with one attached hydrogen (secondary N) is 1. The van der Waals surface area contributed by atoms with E-state index in [1.807, 2.05) is 12.1 Å². The lowest BCUT2D eigenvalue weighted by atomic mass is 9.64. The zero-order valence-corrected chi connectivity index (χ0v) is 12.3. The molecule has 106 valence electrons. The third-order valence-electron chi connectivity index (χ3n) is 4.53. The summed E-state index contributed by atoms with van der Waals surface area (Å²) < 4.78 is 5.47. The second-order valence-corrected chi connectivity index (χ2v) is 6.09. The van der Waals surface area contributed by atoms with E-state index in [9.17, 15) is 0 Å². The molecular formula is C16H26N2O. The Morgan fingerprint density at radius 2 is 2.11 bits per heavy atom. The molecule has 0 saturated heterocycles. The van der Waals surface area contributed by atoms with Crippen molar-refractivity contribution >= 4 is 5.69 Å². The summed E-state index contributed by atoms with van der Waals surface area (Å²) in [5.74, 6) is 0. The fourth-order valence-electron chi connectivity index (χ4n) is 2.95. The molecule has 1 aliphatic rings.